The highest BCUT2D eigenvalue weighted by Crippen LogP contribution is 2.26. The summed E-state index contributed by atoms with van der Waals surface area (Å²) in [5.74, 6) is 0.920. The zero-order valence-electron chi connectivity index (χ0n) is 14.1. The van der Waals surface area contributed by atoms with Gasteiger partial charge < -0.3 is 10.2 Å². The highest BCUT2D eigenvalue weighted by molar-refractivity contribution is 8.00. The molecule has 2 aromatic rings. The van der Waals surface area contributed by atoms with Gasteiger partial charge in [-0.15, -0.1) is 11.3 Å². The Morgan fingerprint density at radius 3 is 2.67 bits per heavy atom. The molecule has 1 fully saturated rings. The van der Waals surface area contributed by atoms with E-state index in [-0.39, 0.29) is 5.91 Å². The maximum atomic E-state index is 12.3. The highest BCUT2D eigenvalue weighted by Gasteiger charge is 2.18. The molecule has 3 rings (SSSR count). The number of aryl methyl sites for hydroxylation is 1. The lowest BCUT2D eigenvalue weighted by atomic mass is 10.0. The number of carbonyl (C=O) groups is 1. The molecule has 1 N–H and O–H groups in total. The van der Waals surface area contributed by atoms with Crippen LogP contribution in [-0.2, 0) is 5.75 Å². The van der Waals surface area contributed by atoms with Crippen LogP contribution >= 0.6 is 23.1 Å². The van der Waals surface area contributed by atoms with Gasteiger partial charge in [0.15, 0.2) is 0 Å². The number of carbonyl (C=O) groups excluding carboxylic acids is 1. The third kappa shape index (κ3) is 4.82. The lowest BCUT2D eigenvalue weighted by Crippen LogP contribution is -2.43. The third-order valence-electron chi connectivity index (χ3n) is 4.23. The van der Waals surface area contributed by atoms with E-state index in [0.717, 1.165) is 47.3 Å². The van der Waals surface area contributed by atoms with Gasteiger partial charge in [0.05, 0.1) is 0 Å². The predicted octanol–water partition coefficient (Wildman–Crippen LogP) is 3.57. The van der Waals surface area contributed by atoms with Crippen molar-refractivity contribution in [3.8, 4) is 0 Å². The first kappa shape index (κ1) is 17.5. The van der Waals surface area contributed by atoms with E-state index in [4.69, 9.17) is 0 Å². The van der Waals surface area contributed by atoms with Crippen LogP contribution in [0.5, 0.6) is 0 Å². The molecule has 24 heavy (non-hydrogen) atoms. The molecule has 4 nitrogen and oxygen atoms in total. The molecule has 128 valence electrons. The lowest BCUT2D eigenvalue weighted by Gasteiger charge is -2.29. The summed E-state index contributed by atoms with van der Waals surface area (Å²) in [6.07, 6.45) is 2.06. The summed E-state index contributed by atoms with van der Waals surface area (Å²) in [5.41, 5.74) is 3.03. The van der Waals surface area contributed by atoms with Crippen LogP contribution in [0.25, 0.3) is 0 Å². The molecule has 0 aliphatic carbocycles. The Bertz CT molecular complexity index is 676. The molecule has 1 saturated heterocycles. The van der Waals surface area contributed by atoms with Crippen LogP contribution in [0, 0.1) is 6.92 Å². The van der Waals surface area contributed by atoms with Gasteiger partial charge in [-0.2, -0.15) is 0 Å². The van der Waals surface area contributed by atoms with Gasteiger partial charge in [0.2, 0.25) is 0 Å². The van der Waals surface area contributed by atoms with Crippen LogP contribution in [0.3, 0.4) is 0 Å². The van der Waals surface area contributed by atoms with Crippen molar-refractivity contribution in [2.75, 3.05) is 20.1 Å². The molecule has 0 unspecified atom stereocenters. The Morgan fingerprint density at radius 1 is 1.33 bits per heavy atom. The number of hydrogen-bond donors (Lipinski definition) is 1. The molecule has 2 heterocycles. The van der Waals surface area contributed by atoms with E-state index in [0.29, 0.717) is 6.04 Å². The topological polar surface area (TPSA) is 45.2 Å². The van der Waals surface area contributed by atoms with Gasteiger partial charge in [-0.25, -0.2) is 4.98 Å². The molecule has 1 amide bonds. The Balaban J connectivity index is 1.51. The van der Waals surface area contributed by atoms with Gasteiger partial charge >= 0.3 is 0 Å². The van der Waals surface area contributed by atoms with Gasteiger partial charge in [-0.3, -0.25) is 4.79 Å². The second-order valence-corrected chi connectivity index (χ2v) is 8.37. The summed E-state index contributed by atoms with van der Waals surface area (Å²) in [7, 11) is 2.13. The maximum Gasteiger partial charge on any atom is 0.251 e. The number of likely N-dealkylation sites (tertiary alicyclic amines) is 1. The minimum absolute atomic E-state index is 0.0410. The second-order valence-electron chi connectivity index (χ2n) is 6.29. The Hall–Kier alpha value is -1.37. The van der Waals surface area contributed by atoms with Crippen molar-refractivity contribution in [2.45, 2.75) is 35.9 Å². The number of aromatic nitrogens is 1. The number of thioether (sulfide) groups is 1. The number of benzene rings is 1. The number of nitrogens with one attached hydrogen (secondary N) is 1. The van der Waals surface area contributed by atoms with Crippen molar-refractivity contribution in [3.05, 3.63) is 46.5 Å². The number of hydrogen-bond acceptors (Lipinski definition) is 5. The highest BCUT2D eigenvalue weighted by atomic mass is 32.2. The summed E-state index contributed by atoms with van der Waals surface area (Å²) in [6, 6.07) is 8.23. The Morgan fingerprint density at radius 2 is 2.04 bits per heavy atom. The number of amides is 1. The van der Waals surface area contributed by atoms with E-state index in [2.05, 4.69) is 27.6 Å². The molecule has 6 heteroatoms. The molecule has 1 aromatic heterocycles. The molecular weight excluding hydrogens is 338 g/mol. The number of thiazole rings is 1. The minimum Gasteiger partial charge on any atom is -0.349 e. The quantitative estimate of drug-likeness (QED) is 0.827. The van der Waals surface area contributed by atoms with E-state index in [9.17, 15) is 4.79 Å². The van der Waals surface area contributed by atoms with Gasteiger partial charge in [-0.1, -0.05) is 23.9 Å². The lowest BCUT2D eigenvalue weighted by molar-refractivity contribution is 0.0917. The second kappa shape index (κ2) is 8.14. The van der Waals surface area contributed by atoms with Crippen LogP contribution in [0.15, 0.2) is 34.0 Å². The summed E-state index contributed by atoms with van der Waals surface area (Å²) in [5, 5.41) is 5.22. The Kier molecular flexibility index (Phi) is 5.92. The maximum absolute atomic E-state index is 12.3. The fraction of sp³-hybridized carbons (Fsp3) is 0.444. The predicted molar refractivity (Wildman–Crippen MR) is 101 cm³/mol. The van der Waals surface area contributed by atoms with Crippen LogP contribution in [-0.4, -0.2) is 42.0 Å². The average molecular weight is 362 g/mol. The van der Waals surface area contributed by atoms with Gasteiger partial charge in [0.1, 0.15) is 4.34 Å². The van der Waals surface area contributed by atoms with Crippen molar-refractivity contribution in [2.24, 2.45) is 0 Å². The number of rotatable bonds is 5. The molecule has 0 radical (unpaired) electrons. The van der Waals surface area contributed by atoms with E-state index in [1.54, 1.807) is 23.1 Å². The zero-order chi connectivity index (χ0) is 16.9. The molecule has 0 atom stereocenters. The van der Waals surface area contributed by atoms with Crippen LogP contribution in [0.4, 0.5) is 0 Å². The first-order valence-electron chi connectivity index (χ1n) is 8.23. The van der Waals surface area contributed by atoms with Crippen molar-refractivity contribution < 1.29 is 4.79 Å². The smallest absolute Gasteiger partial charge is 0.251 e. The number of nitrogens with zero attached hydrogens (tertiary/aromatic N) is 2. The molecule has 1 aromatic carbocycles. The van der Waals surface area contributed by atoms with E-state index >= 15 is 0 Å². The standard InChI is InChI=1S/C18H23N3OS2/c1-13-11-23-18(19-13)24-12-14-3-5-15(6-4-14)17(22)20-16-7-9-21(2)10-8-16/h3-6,11,16H,7-10,12H2,1-2H3,(H,20,22). The normalized spacial score (nSPS) is 16.2. The van der Waals surface area contributed by atoms with E-state index < -0.39 is 0 Å². The fourth-order valence-corrected chi connectivity index (χ4v) is 4.52. The fourth-order valence-electron chi connectivity index (χ4n) is 2.72. The van der Waals surface area contributed by atoms with Gasteiger partial charge in [0.25, 0.3) is 5.91 Å². The summed E-state index contributed by atoms with van der Waals surface area (Å²) in [4.78, 5) is 19.1. The van der Waals surface area contributed by atoms with Crippen LogP contribution in [0.2, 0.25) is 0 Å². The van der Waals surface area contributed by atoms with E-state index in [1.807, 2.05) is 31.2 Å². The minimum atomic E-state index is 0.0410. The van der Waals surface area contributed by atoms with Crippen molar-refractivity contribution in [1.29, 1.82) is 0 Å². The zero-order valence-corrected chi connectivity index (χ0v) is 15.8. The summed E-state index contributed by atoms with van der Waals surface area (Å²) < 4.78 is 1.09. The van der Waals surface area contributed by atoms with Crippen LogP contribution in [0.1, 0.15) is 34.5 Å². The summed E-state index contributed by atoms with van der Waals surface area (Å²) in [6.45, 7) is 4.12. The first-order chi connectivity index (χ1) is 11.6. The monoisotopic (exact) mass is 361 g/mol. The number of piperidine rings is 1. The summed E-state index contributed by atoms with van der Waals surface area (Å²) >= 11 is 3.42. The first-order valence-corrected chi connectivity index (χ1v) is 10.1. The molecule has 0 spiro atoms. The SMILES string of the molecule is Cc1csc(SCc2ccc(C(=O)NC3CCN(C)CC3)cc2)n1. The van der Waals surface area contributed by atoms with Gasteiger partial charge in [-0.05, 0) is 57.6 Å². The van der Waals surface area contributed by atoms with Crippen molar-refractivity contribution >= 4 is 29.0 Å². The van der Waals surface area contributed by atoms with Crippen molar-refractivity contribution in [3.63, 3.8) is 0 Å². The van der Waals surface area contributed by atoms with E-state index in [1.165, 1.54) is 5.56 Å². The van der Waals surface area contributed by atoms with Crippen molar-refractivity contribution in [1.82, 2.24) is 15.2 Å². The third-order valence-corrected chi connectivity index (χ3v) is 6.44. The molecular formula is C18H23N3OS2. The molecule has 0 saturated carbocycles. The molecule has 1 aliphatic heterocycles. The largest absolute Gasteiger partial charge is 0.349 e. The molecule has 0 bridgehead atoms. The van der Waals surface area contributed by atoms with Crippen LogP contribution < -0.4 is 5.32 Å². The average Bonchev–Trinajstić information content (AvgIpc) is 3.01. The molecule has 1 aliphatic rings. The Labute approximate surface area is 151 Å². The van der Waals surface area contributed by atoms with Gasteiger partial charge in [0, 0.05) is 28.4 Å².